The van der Waals surface area contributed by atoms with Crippen molar-refractivity contribution in [1.29, 1.82) is 5.26 Å². The zero-order chi connectivity index (χ0) is 11.3. The molecular formula is C12H23N3. The first-order chi connectivity index (χ1) is 7.07. The molecule has 1 fully saturated rings. The molecule has 1 aliphatic rings. The average Bonchev–Trinajstić information content (AvgIpc) is 2.18. The molecule has 0 aromatic carbocycles. The van der Waals surface area contributed by atoms with Crippen LogP contribution in [0.1, 0.15) is 33.1 Å². The molecule has 0 saturated carbocycles. The molecule has 1 heterocycles. The van der Waals surface area contributed by atoms with Gasteiger partial charge in [-0.25, -0.2) is 0 Å². The molecule has 1 atom stereocenters. The van der Waals surface area contributed by atoms with Gasteiger partial charge < -0.3 is 10.2 Å². The number of nitrogens with zero attached hydrogens (tertiary/aromatic N) is 2. The molecule has 15 heavy (non-hydrogen) atoms. The second kappa shape index (κ2) is 5.48. The first-order valence-corrected chi connectivity index (χ1v) is 5.86. The molecule has 1 saturated heterocycles. The van der Waals surface area contributed by atoms with Crippen molar-refractivity contribution in [3.8, 4) is 6.07 Å². The zero-order valence-corrected chi connectivity index (χ0v) is 10.2. The van der Waals surface area contributed by atoms with E-state index in [1.54, 1.807) is 0 Å². The lowest BCUT2D eigenvalue weighted by Crippen LogP contribution is -2.42. The second-order valence-electron chi connectivity index (χ2n) is 5.30. The van der Waals surface area contributed by atoms with E-state index in [1.165, 1.54) is 25.9 Å². The third-order valence-corrected chi connectivity index (χ3v) is 3.22. The Morgan fingerprint density at radius 3 is 2.80 bits per heavy atom. The van der Waals surface area contributed by atoms with Gasteiger partial charge in [-0.15, -0.1) is 0 Å². The van der Waals surface area contributed by atoms with Gasteiger partial charge in [0.25, 0.3) is 0 Å². The van der Waals surface area contributed by atoms with E-state index in [2.05, 4.69) is 30.1 Å². The van der Waals surface area contributed by atoms with Gasteiger partial charge in [-0.05, 0) is 38.3 Å². The molecule has 86 valence electrons. The normalized spacial score (nSPS) is 23.3. The van der Waals surface area contributed by atoms with Crippen molar-refractivity contribution >= 4 is 0 Å². The molecule has 0 aliphatic carbocycles. The largest absolute Gasteiger partial charge is 0.305 e. The van der Waals surface area contributed by atoms with Crippen molar-refractivity contribution in [1.82, 2.24) is 10.2 Å². The van der Waals surface area contributed by atoms with Gasteiger partial charge in [0.15, 0.2) is 0 Å². The Bertz CT molecular complexity index is 230. The second-order valence-corrected chi connectivity index (χ2v) is 5.30. The van der Waals surface area contributed by atoms with E-state index < -0.39 is 0 Å². The van der Waals surface area contributed by atoms with Gasteiger partial charge in [-0.2, -0.15) is 5.26 Å². The number of piperidine rings is 1. The van der Waals surface area contributed by atoms with E-state index in [-0.39, 0.29) is 6.04 Å². The third kappa shape index (κ3) is 4.19. The number of likely N-dealkylation sites (tertiary alicyclic amines) is 1. The molecule has 1 N–H and O–H groups in total. The van der Waals surface area contributed by atoms with Crippen molar-refractivity contribution in [2.24, 2.45) is 5.41 Å². The Morgan fingerprint density at radius 1 is 1.53 bits per heavy atom. The van der Waals surface area contributed by atoms with Gasteiger partial charge in [0, 0.05) is 13.1 Å². The molecular weight excluding hydrogens is 186 g/mol. The number of rotatable bonds is 4. The predicted molar refractivity (Wildman–Crippen MR) is 62.5 cm³/mol. The lowest BCUT2D eigenvalue weighted by molar-refractivity contribution is 0.115. The Balaban J connectivity index is 2.30. The van der Waals surface area contributed by atoms with Crippen LogP contribution in [0.15, 0.2) is 0 Å². The van der Waals surface area contributed by atoms with Crippen molar-refractivity contribution in [2.75, 3.05) is 26.7 Å². The Morgan fingerprint density at radius 2 is 2.27 bits per heavy atom. The monoisotopic (exact) mass is 209 g/mol. The van der Waals surface area contributed by atoms with E-state index in [4.69, 9.17) is 5.26 Å². The molecule has 3 nitrogen and oxygen atoms in total. The minimum Gasteiger partial charge on any atom is -0.305 e. The van der Waals surface area contributed by atoms with Gasteiger partial charge in [0.05, 0.1) is 12.1 Å². The Hall–Kier alpha value is -0.590. The summed E-state index contributed by atoms with van der Waals surface area (Å²) in [6, 6.07) is 2.28. The van der Waals surface area contributed by atoms with E-state index >= 15 is 0 Å². The summed E-state index contributed by atoms with van der Waals surface area (Å²) in [5, 5.41) is 11.9. The summed E-state index contributed by atoms with van der Waals surface area (Å²) in [4.78, 5) is 2.49. The minimum atomic E-state index is 0.00930. The van der Waals surface area contributed by atoms with Gasteiger partial charge in [-0.3, -0.25) is 0 Å². The van der Waals surface area contributed by atoms with E-state index in [1.807, 2.05) is 7.05 Å². The molecule has 1 unspecified atom stereocenters. The quantitative estimate of drug-likeness (QED) is 0.764. The summed E-state index contributed by atoms with van der Waals surface area (Å²) in [5.41, 5.74) is 0.458. The van der Waals surface area contributed by atoms with Crippen molar-refractivity contribution in [3.63, 3.8) is 0 Å². The smallest absolute Gasteiger partial charge is 0.0962 e. The van der Waals surface area contributed by atoms with Crippen LogP contribution in [0, 0.1) is 16.7 Å². The molecule has 0 radical (unpaired) electrons. The van der Waals surface area contributed by atoms with Crippen LogP contribution in [0.3, 0.4) is 0 Å². The molecule has 0 amide bonds. The first kappa shape index (κ1) is 12.5. The van der Waals surface area contributed by atoms with E-state index in [0.29, 0.717) is 5.41 Å². The lowest BCUT2D eigenvalue weighted by atomic mass is 9.84. The summed E-state index contributed by atoms with van der Waals surface area (Å²) in [5.74, 6) is 0. The topological polar surface area (TPSA) is 39.1 Å². The van der Waals surface area contributed by atoms with Gasteiger partial charge >= 0.3 is 0 Å². The fourth-order valence-electron chi connectivity index (χ4n) is 2.32. The molecule has 0 bridgehead atoms. The maximum atomic E-state index is 8.83. The Kier molecular flexibility index (Phi) is 4.56. The lowest BCUT2D eigenvalue weighted by Gasteiger charge is -2.38. The van der Waals surface area contributed by atoms with Crippen LogP contribution in [0.2, 0.25) is 0 Å². The van der Waals surface area contributed by atoms with Crippen molar-refractivity contribution in [3.05, 3.63) is 0 Å². The SMILES string of the molecule is CNC(C#N)CCN1CCCC(C)(C)C1. The average molecular weight is 209 g/mol. The van der Waals surface area contributed by atoms with Crippen LogP contribution in [0.5, 0.6) is 0 Å². The molecule has 0 aromatic heterocycles. The maximum Gasteiger partial charge on any atom is 0.0962 e. The summed E-state index contributed by atoms with van der Waals surface area (Å²) in [6.07, 6.45) is 3.56. The number of hydrogen-bond acceptors (Lipinski definition) is 3. The van der Waals surface area contributed by atoms with E-state index in [9.17, 15) is 0 Å². The summed E-state index contributed by atoms with van der Waals surface area (Å²) >= 11 is 0. The highest BCUT2D eigenvalue weighted by Crippen LogP contribution is 2.28. The van der Waals surface area contributed by atoms with Crippen LogP contribution >= 0.6 is 0 Å². The van der Waals surface area contributed by atoms with Gasteiger partial charge in [0.1, 0.15) is 0 Å². The zero-order valence-electron chi connectivity index (χ0n) is 10.2. The molecule has 1 rings (SSSR count). The molecule has 0 spiro atoms. The standard InChI is InChI=1S/C12H23N3/c1-12(2)6-4-7-15(10-12)8-5-11(9-13)14-3/h11,14H,4-8,10H2,1-3H3. The van der Waals surface area contributed by atoms with Crippen LogP contribution in [-0.2, 0) is 0 Å². The third-order valence-electron chi connectivity index (χ3n) is 3.22. The van der Waals surface area contributed by atoms with E-state index in [0.717, 1.165) is 13.0 Å². The first-order valence-electron chi connectivity index (χ1n) is 5.86. The fraction of sp³-hybridized carbons (Fsp3) is 0.917. The molecule has 1 aliphatic heterocycles. The predicted octanol–water partition coefficient (Wildman–Crippen LogP) is 1.61. The highest BCUT2D eigenvalue weighted by molar-refractivity contribution is 4.90. The Labute approximate surface area is 93.5 Å². The highest BCUT2D eigenvalue weighted by Gasteiger charge is 2.26. The van der Waals surface area contributed by atoms with Crippen LogP contribution < -0.4 is 5.32 Å². The molecule has 0 aromatic rings. The summed E-state index contributed by atoms with van der Waals surface area (Å²) in [6.45, 7) is 8.08. The maximum absolute atomic E-state index is 8.83. The van der Waals surface area contributed by atoms with Gasteiger partial charge in [0.2, 0.25) is 0 Å². The fourth-order valence-corrected chi connectivity index (χ4v) is 2.32. The van der Waals surface area contributed by atoms with Gasteiger partial charge in [-0.1, -0.05) is 13.8 Å². The van der Waals surface area contributed by atoms with Crippen molar-refractivity contribution < 1.29 is 0 Å². The number of nitriles is 1. The summed E-state index contributed by atoms with van der Waals surface area (Å²) < 4.78 is 0. The highest BCUT2D eigenvalue weighted by atomic mass is 15.1. The number of nitrogens with one attached hydrogen (secondary N) is 1. The summed E-state index contributed by atoms with van der Waals surface area (Å²) in [7, 11) is 1.86. The van der Waals surface area contributed by atoms with Crippen LogP contribution in [0.4, 0.5) is 0 Å². The number of hydrogen-bond donors (Lipinski definition) is 1. The minimum absolute atomic E-state index is 0.00930. The van der Waals surface area contributed by atoms with Crippen molar-refractivity contribution in [2.45, 2.75) is 39.2 Å². The van der Waals surface area contributed by atoms with Crippen LogP contribution in [0.25, 0.3) is 0 Å². The van der Waals surface area contributed by atoms with Crippen LogP contribution in [-0.4, -0.2) is 37.6 Å². The molecule has 3 heteroatoms.